The second kappa shape index (κ2) is 6.34. The van der Waals surface area contributed by atoms with E-state index in [9.17, 15) is 0 Å². The van der Waals surface area contributed by atoms with Crippen LogP contribution in [0.3, 0.4) is 0 Å². The predicted octanol–water partition coefficient (Wildman–Crippen LogP) is 4.63. The standard InChI is InChI=1S/C14H13Br2NO/c1-10-6-13(16)7-12(8-15)14(10)18-9-11-2-4-17-5-3-11/h2-7H,8-9H2,1H3. The first-order valence-electron chi connectivity index (χ1n) is 5.57. The Kier molecular flexibility index (Phi) is 4.78. The molecule has 0 aliphatic heterocycles. The number of alkyl halides is 1. The van der Waals surface area contributed by atoms with E-state index < -0.39 is 0 Å². The second-order valence-corrected chi connectivity index (χ2v) is 5.47. The molecule has 0 amide bonds. The van der Waals surface area contributed by atoms with E-state index in [1.165, 1.54) is 0 Å². The summed E-state index contributed by atoms with van der Waals surface area (Å²) in [6.07, 6.45) is 3.55. The molecule has 2 aromatic rings. The number of nitrogens with zero attached hydrogens (tertiary/aromatic N) is 1. The third-order valence-electron chi connectivity index (χ3n) is 2.59. The van der Waals surface area contributed by atoms with E-state index >= 15 is 0 Å². The van der Waals surface area contributed by atoms with E-state index in [1.54, 1.807) is 12.4 Å². The number of halogens is 2. The van der Waals surface area contributed by atoms with Gasteiger partial charge in [-0.2, -0.15) is 0 Å². The van der Waals surface area contributed by atoms with Crippen molar-refractivity contribution in [1.82, 2.24) is 4.98 Å². The molecule has 0 aliphatic carbocycles. The summed E-state index contributed by atoms with van der Waals surface area (Å²) >= 11 is 6.99. The molecule has 0 saturated heterocycles. The average molecular weight is 371 g/mol. The third kappa shape index (κ3) is 3.33. The second-order valence-electron chi connectivity index (χ2n) is 3.99. The molecule has 0 aliphatic rings. The Morgan fingerprint density at radius 2 is 1.94 bits per heavy atom. The fraction of sp³-hybridized carbons (Fsp3) is 0.214. The van der Waals surface area contributed by atoms with Crippen molar-refractivity contribution >= 4 is 31.9 Å². The van der Waals surface area contributed by atoms with Crippen molar-refractivity contribution in [2.75, 3.05) is 0 Å². The lowest BCUT2D eigenvalue weighted by Gasteiger charge is -2.13. The lowest BCUT2D eigenvalue weighted by Crippen LogP contribution is -2.00. The number of pyridine rings is 1. The minimum Gasteiger partial charge on any atom is -0.488 e. The van der Waals surface area contributed by atoms with Gasteiger partial charge in [-0.15, -0.1) is 0 Å². The molecule has 0 N–H and O–H groups in total. The van der Waals surface area contributed by atoms with Gasteiger partial charge in [-0.05, 0) is 42.3 Å². The van der Waals surface area contributed by atoms with Crippen LogP contribution in [-0.2, 0) is 11.9 Å². The van der Waals surface area contributed by atoms with Crippen molar-refractivity contribution in [3.63, 3.8) is 0 Å². The average Bonchev–Trinajstić information content (AvgIpc) is 2.38. The molecule has 0 unspecified atom stereocenters. The van der Waals surface area contributed by atoms with Crippen LogP contribution >= 0.6 is 31.9 Å². The number of benzene rings is 1. The third-order valence-corrected chi connectivity index (χ3v) is 3.65. The zero-order valence-corrected chi connectivity index (χ0v) is 13.2. The molecule has 0 bridgehead atoms. The molecule has 0 saturated carbocycles. The first kappa shape index (κ1) is 13.6. The molecule has 18 heavy (non-hydrogen) atoms. The minimum atomic E-state index is 0.561. The first-order valence-corrected chi connectivity index (χ1v) is 7.49. The van der Waals surface area contributed by atoms with Crippen molar-refractivity contribution < 1.29 is 4.74 Å². The fourth-order valence-corrected chi connectivity index (χ4v) is 2.78. The molecule has 1 heterocycles. The number of aryl methyl sites for hydroxylation is 1. The van der Waals surface area contributed by atoms with E-state index in [4.69, 9.17) is 4.74 Å². The highest BCUT2D eigenvalue weighted by Crippen LogP contribution is 2.30. The SMILES string of the molecule is Cc1cc(Br)cc(CBr)c1OCc1ccncc1. The van der Waals surface area contributed by atoms with Gasteiger partial charge in [0.1, 0.15) is 12.4 Å². The Hall–Kier alpha value is -0.870. The van der Waals surface area contributed by atoms with Gasteiger partial charge in [0.15, 0.2) is 0 Å². The van der Waals surface area contributed by atoms with Gasteiger partial charge in [-0.1, -0.05) is 31.9 Å². The van der Waals surface area contributed by atoms with Gasteiger partial charge < -0.3 is 4.74 Å². The number of hydrogen-bond donors (Lipinski definition) is 0. The highest BCUT2D eigenvalue weighted by atomic mass is 79.9. The summed E-state index contributed by atoms with van der Waals surface area (Å²) in [5.41, 5.74) is 3.40. The Labute approximate surface area is 124 Å². The van der Waals surface area contributed by atoms with E-state index in [1.807, 2.05) is 12.1 Å². The topological polar surface area (TPSA) is 22.1 Å². The van der Waals surface area contributed by atoms with Gasteiger partial charge >= 0.3 is 0 Å². The minimum absolute atomic E-state index is 0.561. The maximum absolute atomic E-state index is 5.92. The quantitative estimate of drug-likeness (QED) is 0.732. The zero-order chi connectivity index (χ0) is 13.0. The monoisotopic (exact) mass is 369 g/mol. The Morgan fingerprint density at radius 3 is 2.61 bits per heavy atom. The first-order chi connectivity index (χ1) is 8.70. The summed E-state index contributed by atoms with van der Waals surface area (Å²) in [5.74, 6) is 0.951. The molecule has 0 spiro atoms. The van der Waals surface area contributed by atoms with Crippen LogP contribution in [0.4, 0.5) is 0 Å². The van der Waals surface area contributed by atoms with Crippen LogP contribution in [0.5, 0.6) is 5.75 Å². The van der Waals surface area contributed by atoms with Gasteiger partial charge in [-0.25, -0.2) is 0 Å². The summed E-state index contributed by atoms with van der Waals surface area (Å²) in [4.78, 5) is 3.99. The van der Waals surface area contributed by atoms with Crippen molar-refractivity contribution in [3.8, 4) is 5.75 Å². The lowest BCUT2D eigenvalue weighted by molar-refractivity contribution is 0.301. The number of aromatic nitrogens is 1. The van der Waals surface area contributed by atoms with Crippen molar-refractivity contribution in [2.24, 2.45) is 0 Å². The van der Waals surface area contributed by atoms with E-state index in [-0.39, 0.29) is 0 Å². The van der Waals surface area contributed by atoms with Gasteiger partial charge in [0.25, 0.3) is 0 Å². The normalized spacial score (nSPS) is 10.4. The molecular formula is C14H13Br2NO. The summed E-state index contributed by atoms with van der Waals surface area (Å²) < 4.78 is 7.00. The number of rotatable bonds is 4. The molecule has 2 nitrogen and oxygen atoms in total. The van der Waals surface area contributed by atoms with Gasteiger partial charge in [0, 0.05) is 27.8 Å². The van der Waals surface area contributed by atoms with Crippen molar-refractivity contribution in [1.29, 1.82) is 0 Å². The molecule has 0 atom stereocenters. The van der Waals surface area contributed by atoms with Gasteiger partial charge in [0.05, 0.1) is 0 Å². The molecule has 2 rings (SSSR count). The molecule has 0 fully saturated rings. The van der Waals surface area contributed by atoms with Crippen LogP contribution in [0.1, 0.15) is 16.7 Å². The zero-order valence-electron chi connectivity index (χ0n) is 9.99. The summed E-state index contributed by atoms with van der Waals surface area (Å²) in [6, 6.07) is 8.06. The molecule has 0 radical (unpaired) electrons. The van der Waals surface area contributed by atoms with Crippen LogP contribution in [0.2, 0.25) is 0 Å². The fourth-order valence-electron chi connectivity index (χ4n) is 1.74. The van der Waals surface area contributed by atoms with Gasteiger partial charge in [0.2, 0.25) is 0 Å². The highest BCUT2D eigenvalue weighted by Gasteiger charge is 2.08. The maximum Gasteiger partial charge on any atom is 0.126 e. The molecule has 4 heteroatoms. The smallest absolute Gasteiger partial charge is 0.126 e. The van der Waals surface area contributed by atoms with Crippen LogP contribution in [-0.4, -0.2) is 4.98 Å². The van der Waals surface area contributed by atoms with Crippen molar-refractivity contribution in [3.05, 3.63) is 57.8 Å². The summed E-state index contributed by atoms with van der Waals surface area (Å²) in [7, 11) is 0. The summed E-state index contributed by atoms with van der Waals surface area (Å²) in [6.45, 7) is 2.61. The van der Waals surface area contributed by atoms with E-state index in [0.717, 1.165) is 32.2 Å². The lowest BCUT2D eigenvalue weighted by atomic mass is 10.1. The number of ether oxygens (including phenoxy) is 1. The summed E-state index contributed by atoms with van der Waals surface area (Å²) in [5, 5.41) is 0.777. The molecule has 1 aromatic carbocycles. The van der Waals surface area contributed by atoms with Crippen LogP contribution in [0.15, 0.2) is 41.1 Å². The Morgan fingerprint density at radius 1 is 1.22 bits per heavy atom. The van der Waals surface area contributed by atoms with Crippen LogP contribution in [0, 0.1) is 6.92 Å². The van der Waals surface area contributed by atoms with Crippen LogP contribution < -0.4 is 4.74 Å². The van der Waals surface area contributed by atoms with E-state index in [2.05, 4.69) is 55.9 Å². The van der Waals surface area contributed by atoms with Crippen LogP contribution in [0.25, 0.3) is 0 Å². The van der Waals surface area contributed by atoms with Gasteiger partial charge in [-0.3, -0.25) is 4.98 Å². The number of hydrogen-bond acceptors (Lipinski definition) is 2. The molecule has 1 aromatic heterocycles. The van der Waals surface area contributed by atoms with E-state index in [0.29, 0.717) is 6.61 Å². The largest absolute Gasteiger partial charge is 0.488 e. The Bertz CT molecular complexity index is 529. The Balaban J connectivity index is 2.19. The van der Waals surface area contributed by atoms with Crippen molar-refractivity contribution in [2.45, 2.75) is 18.9 Å². The molecular weight excluding hydrogens is 358 g/mol. The molecule has 94 valence electrons. The highest BCUT2D eigenvalue weighted by molar-refractivity contribution is 9.10. The maximum atomic E-state index is 5.92. The predicted molar refractivity (Wildman–Crippen MR) is 80.1 cm³/mol.